The number of aryl methyl sites for hydroxylation is 1. The maximum atomic E-state index is 12.3. The summed E-state index contributed by atoms with van der Waals surface area (Å²) in [4.78, 5) is 24.3. The van der Waals surface area contributed by atoms with E-state index in [2.05, 4.69) is 16.0 Å². The number of benzene rings is 1. The second-order valence-electron chi connectivity index (χ2n) is 7.57. The molecule has 1 atom stereocenters. The highest BCUT2D eigenvalue weighted by Gasteiger charge is 2.28. The van der Waals surface area contributed by atoms with Gasteiger partial charge in [0.1, 0.15) is 0 Å². The molecule has 0 radical (unpaired) electrons. The number of rotatable bonds is 5. The third-order valence-corrected chi connectivity index (χ3v) is 3.96. The van der Waals surface area contributed by atoms with E-state index in [1.807, 2.05) is 33.8 Å². The zero-order chi connectivity index (χ0) is 17.9. The van der Waals surface area contributed by atoms with Crippen LogP contribution in [0.25, 0.3) is 0 Å². The van der Waals surface area contributed by atoms with Crippen molar-refractivity contribution in [1.29, 1.82) is 0 Å². The minimum Gasteiger partial charge on any atom is -0.350 e. The van der Waals surface area contributed by atoms with E-state index in [0.717, 1.165) is 18.4 Å². The summed E-state index contributed by atoms with van der Waals surface area (Å²) in [6, 6.07) is 4.99. The Morgan fingerprint density at radius 3 is 2.48 bits per heavy atom. The van der Waals surface area contributed by atoms with Crippen LogP contribution in [0.5, 0.6) is 0 Å². The van der Waals surface area contributed by atoms with Gasteiger partial charge in [0.25, 0.3) is 5.91 Å². The number of nitrogens with two attached hydrogens (primary N) is 1. The third kappa shape index (κ3) is 6.92. The minimum atomic E-state index is -0.327. The average Bonchev–Trinajstić information content (AvgIpc) is 3.29. The molecule has 6 nitrogen and oxygen atoms in total. The monoisotopic (exact) mass is 368 g/mol. The molecule has 1 saturated carbocycles. The van der Waals surface area contributed by atoms with E-state index < -0.39 is 0 Å². The highest BCUT2D eigenvalue weighted by molar-refractivity contribution is 5.97. The molecule has 1 aromatic rings. The molecule has 0 saturated heterocycles. The molecule has 7 heteroatoms. The largest absolute Gasteiger partial charge is 0.350 e. The Hall–Kier alpha value is -1.79. The van der Waals surface area contributed by atoms with Gasteiger partial charge in [-0.15, -0.1) is 12.4 Å². The van der Waals surface area contributed by atoms with Crippen molar-refractivity contribution in [3.05, 3.63) is 29.3 Å². The fourth-order valence-corrected chi connectivity index (χ4v) is 2.40. The van der Waals surface area contributed by atoms with Gasteiger partial charge in [-0.2, -0.15) is 0 Å². The number of anilines is 1. The first-order valence-electron chi connectivity index (χ1n) is 8.39. The fraction of sp³-hybridized carbons (Fsp3) is 0.556. The zero-order valence-electron chi connectivity index (χ0n) is 15.3. The molecule has 0 bridgehead atoms. The minimum absolute atomic E-state index is 0. The van der Waals surface area contributed by atoms with Crippen molar-refractivity contribution >= 4 is 30.0 Å². The van der Waals surface area contributed by atoms with E-state index in [9.17, 15) is 9.59 Å². The molecule has 140 valence electrons. The summed E-state index contributed by atoms with van der Waals surface area (Å²) < 4.78 is 0. The van der Waals surface area contributed by atoms with E-state index in [0.29, 0.717) is 23.7 Å². The van der Waals surface area contributed by atoms with Gasteiger partial charge in [-0.05, 0) is 64.2 Å². The van der Waals surface area contributed by atoms with Crippen LogP contribution in [0.4, 0.5) is 10.5 Å². The molecule has 3 amide bonds. The zero-order valence-corrected chi connectivity index (χ0v) is 16.1. The SMILES string of the molecule is Cc1ccc(C(=O)NCC(N)C2CC2)cc1NC(=O)NC(C)(C)C.Cl. The standard InChI is InChI=1S/C18H28N4O2.ClH/c1-11-5-6-13(16(23)20-10-14(19)12-7-8-12)9-15(11)21-17(24)22-18(2,3)4;/h5-6,9,12,14H,7-8,10,19H2,1-4H3,(H,20,23)(H2,21,22,24);1H. The summed E-state index contributed by atoms with van der Waals surface area (Å²) in [5.74, 6) is 0.368. The first-order valence-corrected chi connectivity index (χ1v) is 8.39. The second kappa shape index (κ2) is 8.54. The van der Waals surface area contributed by atoms with E-state index in [-0.39, 0.29) is 35.9 Å². The summed E-state index contributed by atoms with van der Waals surface area (Å²) in [7, 11) is 0. The van der Waals surface area contributed by atoms with Crippen LogP contribution in [-0.4, -0.2) is 30.1 Å². The Bertz CT molecular complexity index is 624. The number of carbonyl (C=O) groups excluding carboxylic acids is 2. The van der Waals surface area contributed by atoms with Crippen LogP contribution in [0.3, 0.4) is 0 Å². The highest BCUT2D eigenvalue weighted by Crippen LogP contribution is 2.31. The van der Waals surface area contributed by atoms with Crippen molar-refractivity contribution in [1.82, 2.24) is 10.6 Å². The molecule has 1 aliphatic carbocycles. The van der Waals surface area contributed by atoms with Crippen molar-refractivity contribution in [2.24, 2.45) is 11.7 Å². The average molecular weight is 369 g/mol. The van der Waals surface area contributed by atoms with Crippen molar-refractivity contribution in [3.8, 4) is 0 Å². The van der Waals surface area contributed by atoms with Crippen molar-refractivity contribution in [2.45, 2.75) is 52.1 Å². The molecule has 1 aliphatic rings. The Labute approximate surface area is 155 Å². The van der Waals surface area contributed by atoms with Gasteiger partial charge >= 0.3 is 6.03 Å². The molecule has 1 fully saturated rings. The van der Waals surface area contributed by atoms with Crippen LogP contribution in [0.15, 0.2) is 18.2 Å². The van der Waals surface area contributed by atoms with Crippen LogP contribution in [0.1, 0.15) is 49.5 Å². The Kier molecular flexibility index (Phi) is 7.26. The predicted octanol–water partition coefficient (Wildman–Crippen LogP) is 2.80. The maximum Gasteiger partial charge on any atom is 0.319 e. The molecule has 0 aliphatic heterocycles. The molecule has 1 aromatic carbocycles. The van der Waals surface area contributed by atoms with Gasteiger partial charge in [-0.25, -0.2) is 4.79 Å². The number of urea groups is 1. The van der Waals surface area contributed by atoms with Crippen molar-refractivity contribution < 1.29 is 9.59 Å². The normalized spacial score (nSPS) is 14.9. The van der Waals surface area contributed by atoms with E-state index in [4.69, 9.17) is 5.73 Å². The summed E-state index contributed by atoms with van der Waals surface area (Å²) in [6.45, 7) is 8.09. The van der Waals surface area contributed by atoms with Crippen LogP contribution in [-0.2, 0) is 0 Å². The summed E-state index contributed by atoms with van der Waals surface area (Å²) >= 11 is 0. The lowest BCUT2D eigenvalue weighted by molar-refractivity contribution is 0.0950. The first kappa shape index (κ1) is 21.3. The van der Waals surface area contributed by atoms with Gasteiger partial charge in [0.2, 0.25) is 0 Å². The van der Waals surface area contributed by atoms with Gasteiger partial charge in [-0.1, -0.05) is 6.07 Å². The lowest BCUT2D eigenvalue weighted by atomic mass is 10.1. The molecule has 1 unspecified atom stereocenters. The predicted molar refractivity (Wildman–Crippen MR) is 103 cm³/mol. The maximum absolute atomic E-state index is 12.3. The number of amides is 3. The lowest BCUT2D eigenvalue weighted by Gasteiger charge is -2.21. The van der Waals surface area contributed by atoms with E-state index >= 15 is 0 Å². The number of nitrogens with one attached hydrogen (secondary N) is 3. The molecule has 0 aromatic heterocycles. The Balaban J connectivity index is 0.00000312. The smallest absolute Gasteiger partial charge is 0.319 e. The second-order valence-corrected chi connectivity index (χ2v) is 7.57. The lowest BCUT2D eigenvalue weighted by Crippen LogP contribution is -2.43. The first-order chi connectivity index (χ1) is 11.2. The Morgan fingerprint density at radius 2 is 1.92 bits per heavy atom. The van der Waals surface area contributed by atoms with Gasteiger partial charge in [0, 0.05) is 29.4 Å². The van der Waals surface area contributed by atoms with Crippen LogP contribution in [0.2, 0.25) is 0 Å². The molecule has 25 heavy (non-hydrogen) atoms. The van der Waals surface area contributed by atoms with Crippen molar-refractivity contribution in [3.63, 3.8) is 0 Å². The van der Waals surface area contributed by atoms with Gasteiger partial charge < -0.3 is 21.7 Å². The van der Waals surface area contributed by atoms with Crippen LogP contribution >= 0.6 is 12.4 Å². The highest BCUT2D eigenvalue weighted by atomic mass is 35.5. The van der Waals surface area contributed by atoms with Crippen LogP contribution in [0, 0.1) is 12.8 Å². The Morgan fingerprint density at radius 1 is 1.28 bits per heavy atom. The number of hydrogen-bond acceptors (Lipinski definition) is 3. The molecular formula is C18H29ClN4O2. The molecule has 0 heterocycles. The van der Waals surface area contributed by atoms with Gasteiger partial charge in [0.05, 0.1) is 0 Å². The van der Waals surface area contributed by atoms with E-state index in [1.165, 1.54) is 0 Å². The van der Waals surface area contributed by atoms with E-state index in [1.54, 1.807) is 12.1 Å². The van der Waals surface area contributed by atoms with Gasteiger partial charge in [-0.3, -0.25) is 4.79 Å². The van der Waals surface area contributed by atoms with Gasteiger partial charge in [0.15, 0.2) is 0 Å². The fourth-order valence-electron chi connectivity index (χ4n) is 2.40. The van der Waals surface area contributed by atoms with Crippen LogP contribution < -0.4 is 21.7 Å². The molecular weight excluding hydrogens is 340 g/mol. The quantitative estimate of drug-likeness (QED) is 0.643. The topological polar surface area (TPSA) is 96.2 Å². The number of hydrogen-bond donors (Lipinski definition) is 4. The summed E-state index contributed by atoms with van der Waals surface area (Å²) in [5, 5.41) is 8.50. The third-order valence-electron chi connectivity index (χ3n) is 3.96. The molecule has 2 rings (SSSR count). The summed E-state index contributed by atoms with van der Waals surface area (Å²) in [6.07, 6.45) is 2.30. The number of halogens is 1. The molecule has 5 N–H and O–H groups in total. The molecule has 0 spiro atoms. The summed E-state index contributed by atoms with van der Waals surface area (Å²) in [5.41, 5.74) is 7.70. The van der Waals surface area contributed by atoms with Crippen molar-refractivity contribution in [2.75, 3.05) is 11.9 Å². The number of carbonyl (C=O) groups is 2.